The topological polar surface area (TPSA) is 75.0 Å². The van der Waals surface area contributed by atoms with Crippen molar-refractivity contribution in [3.63, 3.8) is 0 Å². The average Bonchev–Trinajstić information content (AvgIpc) is 3.09. The molecule has 124 valence electrons. The molecule has 6 heteroatoms. The van der Waals surface area contributed by atoms with Crippen LogP contribution < -0.4 is 5.32 Å². The van der Waals surface area contributed by atoms with Crippen LogP contribution in [0.5, 0.6) is 0 Å². The highest BCUT2D eigenvalue weighted by Gasteiger charge is 2.09. The third-order valence-electron chi connectivity index (χ3n) is 3.46. The highest BCUT2D eigenvalue weighted by atomic mass is 32.1. The van der Waals surface area contributed by atoms with Crippen LogP contribution in [0, 0.1) is 18.3 Å². The number of anilines is 2. The zero-order chi connectivity index (χ0) is 17.6. The number of carbonyl (C=O) groups is 1. The van der Waals surface area contributed by atoms with E-state index in [2.05, 4.69) is 10.3 Å². The van der Waals surface area contributed by atoms with Crippen LogP contribution >= 0.6 is 11.3 Å². The highest BCUT2D eigenvalue weighted by Crippen LogP contribution is 2.21. The summed E-state index contributed by atoms with van der Waals surface area (Å²) < 4.78 is 5.26. The third kappa shape index (κ3) is 4.43. The first-order chi connectivity index (χ1) is 12.1. The molecule has 3 rings (SSSR count). The summed E-state index contributed by atoms with van der Waals surface area (Å²) in [5, 5.41) is 14.6. The molecule has 0 aliphatic rings. The zero-order valence-electron chi connectivity index (χ0n) is 13.5. The van der Waals surface area contributed by atoms with Gasteiger partial charge in [0.1, 0.15) is 6.61 Å². The van der Waals surface area contributed by atoms with Crippen molar-refractivity contribution in [2.75, 3.05) is 5.32 Å². The Hall–Kier alpha value is -3.17. The SMILES string of the molecule is Cc1ccc(Nc2nc(COC(=O)c3ccc(C#N)cc3)cs2)cc1. The minimum Gasteiger partial charge on any atom is -0.456 e. The van der Waals surface area contributed by atoms with Crippen molar-refractivity contribution < 1.29 is 9.53 Å². The fourth-order valence-corrected chi connectivity index (χ4v) is 2.81. The quantitative estimate of drug-likeness (QED) is 0.690. The number of hydrogen-bond acceptors (Lipinski definition) is 6. The minimum absolute atomic E-state index is 0.102. The molecule has 0 atom stereocenters. The average molecular weight is 349 g/mol. The van der Waals surface area contributed by atoms with E-state index in [9.17, 15) is 4.79 Å². The van der Waals surface area contributed by atoms with Crippen LogP contribution in [-0.2, 0) is 11.3 Å². The molecule has 0 saturated carbocycles. The summed E-state index contributed by atoms with van der Waals surface area (Å²) in [5.41, 5.74) is 3.75. The molecule has 0 fully saturated rings. The molecule has 5 nitrogen and oxygen atoms in total. The minimum atomic E-state index is -0.439. The van der Waals surface area contributed by atoms with Crippen molar-refractivity contribution in [1.82, 2.24) is 4.98 Å². The Labute approximate surface area is 149 Å². The van der Waals surface area contributed by atoms with Gasteiger partial charge in [-0.1, -0.05) is 17.7 Å². The second-order valence-electron chi connectivity index (χ2n) is 5.40. The summed E-state index contributed by atoms with van der Waals surface area (Å²) in [7, 11) is 0. The molecule has 1 heterocycles. The van der Waals surface area contributed by atoms with Gasteiger partial charge in [0.15, 0.2) is 5.13 Å². The molecule has 0 aliphatic heterocycles. The van der Waals surface area contributed by atoms with Crippen molar-refractivity contribution in [3.8, 4) is 6.07 Å². The van der Waals surface area contributed by atoms with E-state index in [4.69, 9.17) is 10.00 Å². The number of carbonyl (C=O) groups excluding carboxylic acids is 1. The van der Waals surface area contributed by atoms with Gasteiger partial charge in [-0.3, -0.25) is 0 Å². The van der Waals surface area contributed by atoms with Crippen molar-refractivity contribution in [2.45, 2.75) is 13.5 Å². The van der Waals surface area contributed by atoms with Crippen molar-refractivity contribution in [3.05, 3.63) is 76.3 Å². The molecule has 1 aromatic heterocycles. The zero-order valence-corrected chi connectivity index (χ0v) is 14.3. The third-order valence-corrected chi connectivity index (χ3v) is 4.26. The van der Waals surface area contributed by atoms with Gasteiger partial charge in [-0.15, -0.1) is 11.3 Å². The maximum absolute atomic E-state index is 12.0. The molecular weight excluding hydrogens is 334 g/mol. The first-order valence-electron chi connectivity index (χ1n) is 7.59. The van der Waals surface area contributed by atoms with Gasteiger partial charge in [-0.25, -0.2) is 9.78 Å². The molecule has 1 N–H and O–H groups in total. The maximum atomic E-state index is 12.0. The van der Waals surface area contributed by atoms with E-state index in [0.717, 1.165) is 10.8 Å². The predicted octanol–water partition coefficient (Wildman–Crippen LogP) is 4.42. The summed E-state index contributed by atoms with van der Waals surface area (Å²) in [4.78, 5) is 16.4. The van der Waals surface area contributed by atoms with Crippen LogP contribution in [0.15, 0.2) is 53.9 Å². The van der Waals surface area contributed by atoms with Gasteiger partial charge in [0, 0.05) is 11.1 Å². The molecule has 0 radical (unpaired) electrons. The van der Waals surface area contributed by atoms with Gasteiger partial charge in [0.2, 0.25) is 0 Å². The molecule has 3 aromatic rings. The van der Waals surface area contributed by atoms with Gasteiger partial charge in [0.25, 0.3) is 0 Å². The second-order valence-corrected chi connectivity index (χ2v) is 6.26. The standard InChI is InChI=1S/C19H15N3O2S/c1-13-2-8-16(9-3-13)21-19-22-17(12-25-19)11-24-18(23)15-6-4-14(10-20)5-7-15/h2-9,12H,11H2,1H3,(H,21,22). The molecule has 0 aliphatic carbocycles. The van der Waals surface area contributed by atoms with Crippen molar-refractivity contribution in [1.29, 1.82) is 5.26 Å². The first-order valence-corrected chi connectivity index (χ1v) is 8.47. The molecule has 2 aromatic carbocycles. The van der Waals surface area contributed by atoms with Gasteiger partial charge >= 0.3 is 5.97 Å². The Morgan fingerprint density at radius 1 is 1.20 bits per heavy atom. The number of aromatic nitrogens is 1. The lowest BCUT2D eigenvalue weighted by atomic mass is 10.1. The maximum Gasteiger partial charge on any atom is 0.338 e. The number of ether oxygens (including phenoxy) is 1. The van der Waals surface area contributed by atoms with Crippen molar-refractivity contribution >= 4 is 28.1 Å². The molecule has 0 amide bonds. The van der Waals surface area contributed by atoms with Crippen LogP contribution in [0.3, 0.4) is 0 Å². The monoisotopic (exact) mass is 349 g/mol. The number of thiazole rings is 1. The number of benzene rings is 2. The number of nitrogens with zero attached hydrogens (tertiary/aromatic N) is 2. The number of esters is 1. The molecule has 0 unspecified atom stereocenters. The lowest BCUT2D eigenvalue weighted by Crippen LogP contribution is -2.05. The fraction of sp³-hybridized carbons (Fsp3) is 0.105. The summed E-state index contributed by atoms with van der Waals surface area (Å²) in [6.07, 6.45) is 0. The van der Waals surface area contributed by atoms with E-state index in [1.165, 1.54) is 16.9 Å². The van der Waals surface area contributed by atoms with Crippen LogP contribution in [0.25, 0.3) is 0 Å². The predicted molar refractivity (Wildman–Crippen MR) is 96.9 cm³/mol. The van der Waals surface area contributed by atoms with E-state index >= 15 is 0 Å². The number of nitrogens with one attached hydrogen (secondary N) is 1. The Balaban J connectivity index is 1.56. The molecular formula is C19H15N3O2S. The van der Waals surface area contributed by atoms with E-state index in [0.29, 0.717) is 16.8 Å². The van der Waals surface area contributed by atoms with Gasteiger partial charge in [0.05, 0.1) is 22.9 Å². The number of aryl methyl sites for hydroxylation is 1. The van der Waals surface area contributed by atoms with E-state index in [-0.39, 0.29) is 6.61 Å². The Kier molecular flexibility index (Phi) is 5.07. The molecule has 0 bridgehead atoms. The van der Waals surface area contributed by atoms with Crippen LogP contribution in [0.2, 0.25) is 0 Å². The van der Waals surface area contributed by atoms with Crippen molar-refractivity contribution in [2.24, 2.45) is 0 Å². The lowest BCUT2D eigenvalue weighted by molar-refractivity contribution is 0.0468. The normalized spacial score (nSPS) is 10.1. The number of rotatable bonds is 5. The second kappa shape index (κ2) is 7.60. The van der Waals surface area contributed by atoms with E-state index in [1.807, 2.05) is 42.6 Å². The highest BCUT2D eigenvalue weighted by molar-refractivity contribution is 7.13. The summed E-state index contributed by atoms with van der Waals surface area (Å²) in [5.74, 6) is -0.439. The summed E-state index contributed by atoms with van der Waals surface area (Å²) in [6.45, 7) is 2.14. The largest absolute Gasteiger partial charge is 0.456 e. The number of hydrogen-bond donors (Lipinski definition) is 1. The summed E-state index contributed by atoms with van der Waals surface area (Å²) in [6, 6.07) is 16.4. The first kappa shape index (κ1) is 16.7. The van der Waals surface area contributed by atoms with E-state index in [1.54, 1.807) is 24.3 Å². The van der Waals surface area contributed by atoms with Gasteiger partial charge in [-0.05, 0) is 43.3 Å². The smallest absolute Gasteiger partial charge is 0.338 e. The van der Waals surface area contributed by atoms with Gasteiger partial charge in [-0.2, -0.15) is 5.26 Å². The Morgan fingerprint density at radius 3 is 2.60 bits per heavy atom. The van der Waals surface area contributed by atoms with Crippen LogP contribution in [0.1, 0.15) is 27.2 Å². The molecule has 0 spiro atoms. The molecule has 0 saturated heterocycles. The van der Waals surface area contributed by atoms with E-state index < -0.39 is 5.97 Å². The van der Waals surface area contributed by atoms with Crippen LogP contribution in [-0.4, -0.2) is 11.0 Å². The number of nitriles is 1. The van der Waals surface area contributed by atoms with Crippen LogP contribution in [0.4, 0.5) is 10.8 Å². The fourth-order valence-electron chi connectivity index (χ4n) is 2.09. The Morgan fingerprint density at radius 2 is 1.92 bits per heavy atom. The lowest BCUT2D eigenvalue weighted by Gasteiger charge is -2.03. The summed E-state index contributed by atoms with van der Waals surface area (Å²) >= 11 is 1.45. The van der Waals surface area contributed by atoms with Gasteiger partial charge < -0.3 is 10.1 Å². The Bertz CT molecular complexity index is 909. The molecule has 25 heavy (non-hydrogen) atoms.